The van der Waals surface area contributed by atoms with Gasteiger partial charge in [-0.1, -0.05) is 13.0 Å². The van der Waals surface area contributed by atoms with Crippen LogP contribution >= 0.6 is 0 Å². The number of carboxylic acid groups (broad SMARTS) is 1. The second kappa shape index (κ2) is 6.91. The lowest BCUT2D eigenvalue weighted by Gasteiger charge is -2.05. The lowest BCUT2D eigenvalue weighted by Crippen LogP contribution is -2.10. The molecule has 0 atom stereocenters. The summed E-state index contributed by atoms with van der Waals surface area (Å²) in [6.45, 7) is 4.12. The number of aromatic nitrogens is 2. The molecule has 0 aliphatic rings. The predicted octanol–water partition coefficient (Wildman–Crippen LogP) is 2.26. The van der Waals surface area contributed by atoms with Crippen molar-refractivity contribution in [2.75, 3.05) is 25.1 Å². The smallest absolute Gasteiger partial charge is 0.356 e. The maximum atomic E-state index is 11.3. The molecule has 2 rings (SSSR count). The average molecular weight is 277 g/mol. The van der Waals surface area contributed by atoms with Crippen LogP contribution in [0.1, 0.15) is 30.3 Å². The second-order valence-corrected chi connectivity index (χ2v) is 4.44. The van der Waals surface area contributed by atoms with Gasteiger partial charge in [0, 0.05) is 26.0 Å². The quantitative estimate of drug-likeness (QED) is 0.724. The van der Waals surface area contributed by atoms with Gasteiger partial charge in [0.2, 0.25) is 0 Å². The Labute approximate surface area is 117 Å². The van der Waals surface area contributed by atoms with E-state index in [-0.39, 0.29) is 5.69 Å². The van der Waals surface area contributed by atoms with Crippen molar-refractivity contribution in [3.8, 4) is 0 Å². The van der Waals surface area contributed by atoms with Crippen molar-refractivity contribution in [2.24, 2.45) is 0 Å². The Kier molecular flexibility index (Phi) is 4.95. The van der Waals surface area contributed by atoms with E-state index in [1.165, 1.54) is 0 Å². The highest BCUT2D eigenvalue weighted by molar-refractivity contribution is 5.92. The zero-order valence-electron chi connectivity index (χ0n) is 11.5. The molecule has 0 spiro atoms. The van der Waals surface area contributed by atoms with Gasteiger partial charge in [-0.2, -0.15) is 0 Å². The van der Waals surface area contributed by atoms with Crippen molar-refractivity contribution < 1.29 is 14.6 Å². The van der Waals surface area contributed by atoms with Gasteiger partial charge in [-0.3, -0.25) is 4.40 Å². The molecule has 20 heavy (non-hydrogen) atoms. The number of fused-ring (bicyclic) bond motifs is 1. The molecule has 0 fully saturated rings. The van der Waals surface area contributed by atoms with Gasteiger partial charge in [-0.25, -0.2) is 9.78 Å². The number of carbonyl (C=O) groups is 1. The molecule has 0 radical (unpaired) electrons. The highest BCUT2D eigenvalue weighted by Crippen LogP contribution is 2.17. The molecule has 6 nitrogen and oxygen atoms in total. The maximum absolute atomic E-state index is 11.3. The van der Waals surface area contributed by atoms with E-state index >= 15 is 0 Å². The van der Waals surface area contributed by atoms with Crippen LogP contribution in [0.5, 0.6) is 0 Å². The molecule has 0 aromatic carbocycles. The van der Waals surface area contributed by atoms with Crippen LogP contribution in [-0.2, 0) is 4.74 Å². The van der Waals surface area contributed by atoms with Crippen LogP contribution < -0.4 is 5.32 Å². The van der Waals surface area contributed by atoms with E-state index < -0.39 is 5.97 Å². The Balaban J connectivity index is 2.02. The predicted molar refractivity (Wildman–Crippen MR) is 76.4 cm³/mol. The topological polar surface area (TPSA) is 75.9 Å². The number of hydrogen-bond donors (Lipinski definition) is 2. The zero-order chi connectivity index (χ0) is 14.4. The molecule has 108 valence electrons. The first-order valence-electron chi connectivity index (χ1n) is 6.76. The minimum absolute atomic E-state index is 0.162. The first-order valence-corrected chi connectivity index (χ1v) is 6.76. The Bertz CT molecular complexity index is 580. The lowest BCUT2D eigenvalue weighted by atomic mass is 10.4. The third-order valence-electron chi connectivity index (χ3n) is 2.84. The highest BCUT2D eigenvalue weighted by atomic mass is 16.5. The second-order valence-electron chi connectivity index (χ2n) is 4.44. The molecular formula is C14H19N3O3. The fourth-order valence-electron chi connectivity index (χ4n) is 1.95. The van der Waals surface area contributed by atoms with Crippen LogP contribution in [0.4, 0.5) is 5.82 Å². The van der Waals surface area contributed by atoms with Crippen LogP contribution in [0, 0.1) is 0 Å². The monoisotopic (exact) mass is 277 g/mol. The molecule has 0 saturated carbocycles. The molecule has 2 N–H and O–H groups in total. The van der Waals surface area contributed by atoms with Gasteiger partial charge in [-0.05, 0) is 25.0 Å². The summed E-state index contributed by atoms with van der Waals surface area (Å²) in [7, 11) is 0. The number of carboxylic acids is 1. The third-order valence-corrected chi connectivity index (χ3v) is 2.84. The average Bonchev–Trinajstić information content (AvgIpc) is 2.81. The summed E-state index contributed by atoms with van der Waals surface area (Å²) in [5.41, 5.74) is 0.782. The number of pyridine rings is 1. The summed E-state index contributed by atoms with van der Waals surface area (Å²) in [6, 6.07) is 5.39. The van der Waals surface area contributed by atoms with E-state index in [0.717, 1.165) is 19.4 Å². The molecule has 0 bridgehead atoms. The van der Waals surface area contributed by atoms with E-state index in [1.54, 1.807) is 22.7 Å². The fourth-order valence-corrected chi connectivity index (χ4v) is 1.95. The number of ether oxygens (including phenoxy) is 1. The molecule has 6 heteroatoms. The maximum Gasteiger partial charge on any atom is 0.356 e. The standard InChI is InChI=1S/C14H19N3O3/c1-2-9-20-10-5-7-15-13-12(14(18)19)17-8-4-3-6-11(17)16-13/h3-4,6,8,15H,2,5,7,9-10H2,1H3,(H,18,19). The summed E-state index contributed by atoms with van der Waals surface area (Å²) in [5, 5.41) is 12.4. The summed E-state index contributed by atoms with van der Waals surface area (Å²) < 4.78 is 6.94. The Hall–Kier alpha value is -2.08. The van der Waals surface area contributed by atoms with Crippen LogP contribution in [-0.4, -0.2) is 40.2 Å². The molecule has 0 saturated heterocycles. The first kappa shape index (κ1) is 14.3. The molecular weight excluding hydrogens is 258 g/mol. The largest absolute Gasteiger partial charge is 0.476 e. The zero-order valence-corrected chi connectivity index (χ0v) is 11.5. The van der Waals surface area contributed by atoms with Gasteiger partial charge >= 0.3 is 5.97 Å². The normalized spacial score (nSPS) is 10.8. The van der Waals surface area contributed by atoms with E-state index in [4.69, 9.17) is 4.74 Å². The number of anilines is 1. The van der Waals surface area contributed by atoms with Crippen molar-refractivity contribution in [2.45, 2.75) is 19.8 Å². The lowest BCUT2D eigenvalue weighted by molar-refractivity contribution is 0.0690. The third kappa shape index (κ3) is 3.27. The minimum atomic E-state index is -0.992. The minimum Gasteiger partial charge on any atom is -0.476 e. The van der Waals surface area contributed by atoms with Gasteiger partial charge in [0.15, 0.2) is 11.5 Å². The van der Waals surface area contributed by atoms with E-state index in [1.807, 2.05) is 6.07 Å². The molecule has 0 amide bonds. The van der Waals surface area contributed by atoms with Crippen molar-refractivity contribution in [1.82, 2.24) is 9.38 Å². The number of nitrogens with zero attached hydrogens (tertiary/aromatic N) is 2. The Morgan fingerprint density at radius 3 is 3.05 bits per heavy atom. The molecule has 0 unspecified atom stereocenters. The molecule has 2 heterocycles. The van der Waals surface area contributed by atoms with Crippen molar-refractivity contribution in [3.05, 3.63) is 30.1 Å². The number of nitrogens with one attached hydrogen (secondary N) is 1. The van der Waals surface area contributed by atoms with Crippen molar-refractivity contribution in [1.29, 1.82) is 0 Å². The van der Waals surface area contributed by atoms with Crippen molar-refractivity contribution in [3.63, 3.8) is 0 Å². The van der Waals surface area contributed by atoms with Crippen LogP contribution in [0.3, 0.4) is 0 Å². The molecule has 2 aromatic rings. The van der Waals surface area contributed by atoms with Gasteiger partial charge in [0.25, 0.3) is 0 Å². The summed E-state index contributed by atoms with van der Waals surface area (Å²) in [4.78, 5) is 15.6. The number of rotatable bonds is 8. The van der Waals surface area contributed by atoms with Gasteiger partial charge in [0.05, 0.1) is 0 Å². The Morgan fingerprint density at radius 2 is 2.30 bits per heavy atom. The van der Waals surface area contributed by atoms with Gasteiger partial charge in [-0.15, -0.1) is 0 Å². The highest BCUT2D eigenvalue weighted by Gasteiger charge is 2.17. The molecule has 0 aliphatic heterocycles. The van der Waals surface area contributed by atoms with Crippen LogP contribution in [0.2, 0.25) is 0 Å². The number of aromatic carboxylic acids is 1. The fraction of sp³-hybridized carbons (Fsp3) is 0.429. The first-order chi connectivity index (χ1) is 9.74. The van der Waals surface area contributed by atoms with E-state index in [2.05, 4.69) is 17.2 Å². The summed E-state index contributed by atoms with van der Waals surface area (Å²) in [6.07, 6.45) is 3.51. The summed E-state index contributed by atoms with van der Waals surface area (Å²) in [5.74, 6) is -0.590. The van der Waals surface area contributed by atoms with Crippen molar-refractivity contribution >= 4 is 17.4 Å². The van der Waals surface area contributed by atoms with Crippen LogP contribution in [0.25, 0.3) is 5.65 Å². The number of imidazole rings is 1. The van der Waals surface area contributed by atoms with E-state index in [0.29, 0.717) is 24.6 Å². The van der Waals surface area contributed by atoms with E-state index in [9.17, 15) is 9.90 Å². The molecule has 0 aliphatic carbocycles. The number of hydrogen-bond acceptors (Lipinski definition) is 4. The Morgan fingerprint density at radius 1 is 1.45 bits per heavy atom. The van der Waals surface area contributed by atoms with Crippen LogP contribution in [0.15, 0.2) is 24.4 Å². The SMILES string of the molecule is CCCOCCCNc1nc2ccccn2c1C(=O)O. The molecule has 2 aromatic heterocycles. The summed E-state index contributed by atoms with van der Waals surface area (Å²) >= 11 is 0. The van der Waals surface area contributed by atoms with Gasteiger partial charge < -0.3 is 15.2 Å². The van der Waals surface area contributed by atoms with Gasteiger partial charge in [0.1, 0.15) is 5.65 Å².